The average molecular weight is 319 g/mol. The maximum absolute atomic E-state index is 6.19. The molecule has 0 saturated heterocycles. The molecule has 1 aliphatic carbocycles. The number of nitrogens with zero attached hydrogens (tertiary/aromatic N) is 1. The number of aryl methyl sites for hydroxylation is 1. The minimum Gasteiger partial charge on any atom is -0.490 e. The predicted molar refractivity (Wildman–Crippen MR) is 93.9 cm³/mol. The molecule has 0 heterocycles. The molecule has 0 spiro atoms. The lowest BCUT2D eigenvalue weighted by Crippen LogP contribution is -2.40. The lowest BCUT2D eigenvalue weighted by atomic mass is 10.1. The fourth-order valence-electron chi connectivity index (χ4n) is 2.85. The number of guanidine groups is 1. The quantitative estimate of drug-likeness (QED) is 0.599. The highest BCUT2D eigenvalue weighted by Gasteiger charge is 2.18. The largest absolute Gasteiger partial charge is 0.490 e. The summed E-state index contributed by atoms with van der Waals surface area (Å²) in [7, 11) is 1.67. The van der Waals surface area contributed by atoms with E-state index in [1.54, 1.807) is 7.11 Å². The van der Waals surface area contributed by atoms with Crippen LogP contribution in [0.2, 0.25) is 0 Å². The van der Waals surface area contributed by atoms with E-state index >= 15 is 0 Å². The number of rotatable bonds is 7. The monoisotopic (exact) mass is 319 g/mol. The Hall–Kier alpha value is -1.75. The second kappa shape index (κ2) is 8.77. The Labute approximate surface area is 139 Å². The SMILES string of the molecule is COCC(C)NC(N)=NCc1ccc(C)cc1OC1CCCC1. The van der Waals surface area contributed by atoms with Crippen LogP contribution in [0, 0.1) is 6.92 Å². The summed E-state index contributed by atoms with van der Waals surface area (Å²) in [5.74, 6) is 1.38. The van der Waals surface area contributed by atoms with Crippen LogP contribution in [0.25, 0.3) is 0 Å². The molecule has 0 amide bonds. The van der Waals surface area contributed by atoms with E-state index in [1.807, 2.05) is 6.92 Å². The molecule has 0 aliphatic heterocycles. The summed E-state index contributed by atoms with van der Waals surface area (Å²) in [6.45, 7) is 5.20. The molecule has 0 aromatic heterocycles. The Kier molecular flexibility index (Phi) is 6.71. The number of nitrogens with two attached hydrogens (primary N) is 1. The topological polar surface area (TPSA) is 68.9 Å². The van der Waals surface area contributed by atoms with Crippen LogP contribution in [0.3, 0.4) is 0 Å². The van der Waals surface area contributed by atoms with Crippen LogP contribution >= 0.6 is 0 Å². The first-order chi connectivity index (χ1) is 11.1. The number of methoxy groups -OCH3 is 1. The second-order valence-corrected chi connectivity index (χ2v) is 6.34. The average Bonchev–Trinajstić information content (AvgIpc) is 2.99. The Morgan fingerprint density at radius 3 is 2.83 bits per heavy atom. The van der Waals surface area contributed by atoms with Gasteiger partial charge in [-0.2, -0.15) is 0 Å². The molecule has 1 aromatic carbocycles. The first-order valence-electron chi connectivity index (χ1n) is 8.40. The summed E-state index contributed by atoms with van der Waals surface area (Å²) in [5.41, 5.74) is 8.21. The van der Waals surface area contributed by atoms with E-state index in [9.17, 15) is 0 Å². The maximum Gasteiger partial charge on any atom is 0.189 e. The third-order valence-electron chi connectivity index (χ3n) is 4.05. The molecule has 1 unspecified atom stereocenters. The summed E-state index contributed by atoms with van der Waals surface area (Å²) >= 11 is 0. The molecule has 1 saturated carbocycles. The number of hydrogen-bond donors (Lipinski definition) is 2. The molecule has 1 fully saturated rings. The van der Waals surface area contributed by atoms with Gasteiger partial charge in [0.2, 0.25) is 0 Å². The Balaban J connectivity index is 2.00. The highest BCUT2D eigenvalue weighted by atomic mass is 16.5. The van der Waals surface area contributed by atoms with E-state index in [0.717, 1.165) is 24.2 Å². The van der Waals surface area contributed by atoms with Gasteiger partial charge in [-0.25, -0.2) is 4.99 Å². The van der Waals surface area contributed by atoms with Crippen LogP contribution in [0.1, 0.15) is 43.7 Å². The molecule has 2 rings (SSSR count). The molecular formula is C18H29N3O2. The molecule has 0 bridgehead atoms. The number of hydrogen-bond acceptors (Lipinski definition) is 3. The van der Waals surface area contributed by atoms with Crippen molar-refractivity contribution in [3.63, 3.8) is 0 Å². The lowest BCUT2D eigenvalue weighted by Gasteiger charge is -2.17. The normalized spacial score (nSPS) is 17.3. The number of ether oxygens (including phenoxy) is 2. The summed E-state index contributed by atoms with van der Waals surface area (Å²) in [6.07, 6.45) is 5.16. The van der Waals surface area contributed by atoms with E-state index in [4.69, 9.17) is 15.2 Å². The van der Waals surface area contributed by atoms with E-state index in [1.165, 1.54) is 18.4 Å². The van der Waals surface area contributed by atoms with Crippen molar-refractivity contribution in [3.05, 3.63) is 29.3 Å². The van der Waals surface area contributed by atoms with Crippen molar-refractivity contribution in [2.24, 2.45) is 10.7 Å². The molecule has 128 valence electrons. The third kappa shape index (κ3) is 5.75. The van der Waals surface area contributed by atoms with Crippen molar-refractivity contribution >= 4 is 5.96 Å². The van der Waals surface area contributed by atoms with Gasteiger partial charge >= 0.3 is 0 Å². The molecule has 1 atom stereocenters. The fourth-order valence-corrected chi connectivity index (χ4v) is 2.85. The van der Waals surface area contributed by atoms with Gasteiger partial charge in [0.05, 0.1) is 19.3 Å². The van der Waals surface area contributed by atoms with Crippen molar-refractivity contribution < 1.29 is 9.47 Å². The summed E-state index contributed by atoms with van der Waals surface area (Å²) in [6, 6.07) is 6.40. The van der Waals surface area contributed by atoms with Crippen LogP contribution in [0.15, 0.2) is 23.2 Å². The first kappa shape index (κ1) is 17.6. The molecule has 3 N–H and O–H groups in total. The van der Waals surface area contributed by atoms with Gasteiger partial charge in [-0.1, -0.05) is 12.1 Å². The second-order valence-electron chi connectivity index (χ2n) is 6.34. The van der Waals surface area contributed by atoms with Crippen molar-refractivity contribution in [2.75, 3.05) is 13.7 Å². The number of nitrogens with one attached hydrogen (secondary N) is 1. The van der Waals surface area contributed by atoms with E-state index in [2.05, 4.69) is 35.4 Å². The van der Waals surface area contributed by atoms with E-state index in [-0.39, 0.29) is 6.04 Å². The van der Waals surface area contributed by atoms with Gasteiger partial charge < -0.3 is 20.5 Å². The van der Waals surface area contributed by atoms with Crippen molar-refractivity contribution in [1.82, 2.24) is 5.32 Å². The Morgan fingerprint density at radius 1 is 1.39 bits per heavy atom. The smallest absolute Gasteiger partial charge is 0.189 e. The zero-order chi connectivity index (χ0) is 16.7. The van der Waals surface area contributed by atoms with Crippen molar-refractivity contribution in [2.45, 2.75) is 58.2 Å². The summed E-state index contributed by atoms with van der Waals surface area (Å²) in [4.78, 5) is 4.43. The highest BCUT2D eigenvalue weighted by molar-refractivity contribution is 5.78. The van der Waals surface area contributed by atoms with Gasteiger partial charge in [0.1, 0.15) is 5.75 Å². The van der Waals surface area contributed by atoms with Gasteiger partial charge in [0, 0.05) is 18.7 Å². The van der Waals surface area contributed by atoms with Gasteiger partial charge in [-0.3, -0.25) is 0 Å². The molecule has 1 aliphatic rings. The molecule has 1 aromatic rings. The van der Waals surface area contributed by atoms with Gasteiger partial charge in [0.15, 0.2) is 5.96 Å². The first-order valence-corrected chi connectivity index (χ1v) is 8.40. The Bertz CT molecular complexity index is 525. The molecule has 5 nitrogen and oxygen atoms in total. The zero-order valence-electron chi connectivity index (χ0n) is 14.5. The number of aliphatic imine (C=N–C) groups is 1. The minimum atomic E-state index is 0.135. The zero-order valence-corrected chi connectivity index (χ0v) is 14.5. The van der Waals surface area contributed by atoms with Gasteiger partial charge in [-0.15, -0.1) is 0 Å². The van der Waals surface area contributed by atoms with Crippen LogP contribution in [-0.4, -0.2) is 31.8 Å². The molecule has 23 heavy (non-hydrogen) atoms. The van der Waals surface area contributed by atoms with Gasteiger partial charge in [-0.05, 0) is 51.2 Å². The minimum absolute atomic E-state index is 0.135. The van der Waals surface area contributed by atoms with Crippen molar-refractivity contribution in [1.29, 1.82) is 0 Å². The van der Waals surface area contributed by atoms with Gasteiger partial charge in [0.25, 0.3) is 0 Å². The van der Waals surface area contributed by atoms with Crippen molar-refractivity contribution in [3.8, 4) is 5.75 Å². The molecule has 5 heteroatoms. The predicted octanol–water partition coefficient (Wildman–Crippen LogP) is 2.76. The highest BCUT2D eigenvalue weighted by Crippen LogP contribution is 2.28. The third-order valence-corrected chi connectivity index (χ3v) is 4.05. The maximum atomic E-state index is 6.19. The van der Waals surface area contributed by atoms with Crippen LogP contribution in [-0.2, 0) is 11.3 Å². The lowest BCUT2D eigenvalue weighted by molar-refractivity contribution is 0.179. The van der Waals surface area contributed by atoms with Crippen LogP contribution in [0.5, 0.6) is 5.75 Å². The summed E-state index contributed by atoms with van der Waals surface area (Å²) in [5, 5.41) is 3.12. The van der Waals surface area contributed by atoms with Crippen LogP contribution < -0.4 is 15.8 Å². The Morgan fingerprint density at radius 2 is 2.13 bits per heavy atom. The molecular weight excluding hydrogens is 290 g/mol. The standard InChI is InChI=1S/C18H29N3O2/c1-13-8-9-15(11-20-18(19)21-14(2)12-22-3)17(10-13)23-16-6-4-5-7-16/h8-10,14,16H,4-7,11-12H2,1-3H3,(H3,19,20,21). The number of benzene rings is 1. The van der Waals surface area contributed by atoms with E-state index in [0.29, 0.717) is 25.2 Å². The molecule has 0 radical (unpaired) electrons. The van der Waals surface area contributed by atoms with E-state index < -0.39 is 0 Å². The summed E-state index contributed by atoms with van der Waals surface area (Å²) < 4.78 is 11.3. The van der Waals surface area contributed by atoms with Crippen LogP contribution in [0.4, 0.5) is 0 Å². The fraction of sp³-hybridized carbons (Fsp3) is 0.611.